The molecule has 3 rings (SSSR count). The Balaban J connectivity index is 1.62. The number of benzene rings is 2. The number of rotatable bonds is 7. The molecule has 0 atom stereocenters. The normalized spacial score (nSPS) is 10.6. The molecule has 128 valence electrons. The Labute approximate surface area is 153 Å². The molecule has 2 aromatic carbocycles. The smallest absolute Gasteiger partial charge is 0.124 e. The van der Waals surface area contributed by atoms with Crippen molar-refractivity contribution in [1.29, 1.82) is 0 Å². The predicted octanol–water partition coefficient (Wildman–Crippen LogP) is 4.91. The van der Waals surface area contributed by atoms with Gasteiger partial charge in [-0.1, -0.05) is 41.4 Å². The fourth-order valence-electron chi connectivity index (χ4n) is 2.51. The molecule has 0 aliphatic rings. The minimum atomic E-state index is 0.541. The zero-order valence-corrected chi connectivity index (χ0v) is 15.0. The monoisotopic (exact) mass is 352 g/mol. The Bertz CT molecular complexity index is 804. The average Bonchev–Trinajstić information content (AvgIpc) is 2.63. The number of aryl methyl sites for hydroxylation is 1. The summed E-state index contributed by atoms with van der Waals surface area (Å²) in [5.41, 5.74) is 4.64. The molecule has 0 unspecified atom stereocenters. The highest BCUT2D eigenvalue weighted by Crippen LogP contribution is 2.24. The van der Waals surface area contributed by atoms with Crippen molar-refractivity contribution in [3.05, 3.63) is 94.3 Å². The highest BCUT2D eigenvalue weighted by atomic mass is 35.5. The third kappa shape index (κ3) is 5.31. The molecular weight excluding hydrogens is 332 g/mol. The van der Waals surface area contributed by atoms with Gasteiger partial charge < -0.3 is 10.1 Å². The van der Waals surface area contributed by atoms with Gasteiger partial charge in [-0.2, -0.15) is 0 Å². The lowest BCUT2D eigenvalue weighted by molar-refractivity contribution is 0.302. The number of hydrogen-bond acceptors (Lipinski definition) is 3. The van der Waals surface area contributed by atoms with Crippen LogP contribution in [0.2, 0.25) is 5.02 Å². The number of nitrogens with zero attached hydrogens (tertiary/aromatic N) is 1. The van der Waals surface area contributed by atoms with Crippen LogP contribution in [0.15, 0.2) is 67.0 Å². The van der Waals surface area contributed by atoms with Crippen molar-refractivity contribution in [2.24, 2.45) is 0 Å². The molecule has 3 nitrogen and oxygen atoms in total. The van der Waals surface area contributed by atoms with E-state index in [-0.39, 0.29) is 0 Å². The highest BCUT2D eigenvalue weighted by molar-refractivity contribution is 6.30. The summed E-state index contributed by atoms with van der Waals surface area (Å²) in [5.74, 6) is 0.854. The summed E-state index contributed by atoms with van der Waals surface area (Å²) < 4.78 is 6.01. The van der Waals surface area contributed by atoms with E-state index in [1.165, 1.54) is 11.1 Å². The van der Waals surface area contributed by atoms with Crippen LogP contribution in [0.1, 0.15) is 22.3 Å². The molecule has 0 saturated carbocycles. The number of nitrogens with one attached hydrogen (secondary N) is 1. The van der Waals surface area contributed by atoms with Crippen LogP contribution in [0.4, 0.5) is 0 Å². The van der Waals surface area contributed by atoms with Gasteiger partial charge in [-0.3, -0.25) is 4.98 Å². The van der Waals surface area contributed by atoms with Crippen LogP contribution in [-0.2, 0) is 19.7 Å². The van der Waals surface area contributed by atoms with Crippen LogP contribution in [-0.4, -0.2) is 4.98 Å². The Morgan fingerprint density at radius 3 is 2.44 bits per heavy atom. The van der Waals surface area contributed by atoms with Gasteiger partial charge in [0.2, 0.25) is 0 Å². The summed E-state index contributed by atoms with van der Waals surface area (Å²) in [5, 5.41) is 4.14. The van der Waals surface area contributed by atoms with Crippen molar-refractivity contribution < 1.29 is 4.74 Å². The summed E-state index contributed by atoms with van der Waals surface area (Å²) in [6, 6.07) is 18.1. The molecule has 0 radical (unpaired) electrons. The fraction of sp³-hybridized carbons (Fsp3) is 0.190. The van der Waals surface area contributed by atoms with Crippen LogP contribution in [0.5, 0.6) is 5.75 Å². The number of hydrogen-bond donors (Lipinski definition) is 1. The van der Waals surface area contributed by atoms with Gasteiger partial charge in [-0.05, 0) is 48.4 Å². The van der Waals surface area contributed by atoms with Gasteiger partial charge in [0.15, 0.2) is 0 Å². The zero-order valence-electron chi connectivity index (χ0n) is 14.2. The van der Waals surface area contributed by atoms with Crippen LogP contribution < -0.4 is 10.1 Å². The molecule has 0 amide bonds. The fourth-order valence-corrected chi connectivity index (χ4v) is 2.71. The van der Waals surface area contributed by atoms with Gasteiger partial charge in [0, 0.05) is 36.1 Å². The molecule has 3 aromatic rings. The zero-order chi connectivity index (χ0) is 17.5. The van der Waals surface area contributed by atoms with Crippen molar-refractivity contribution in [1.82, 2.24) is 10.3 Å². The molecule has 4 heteroatoms. The number of aromatic nitrogens is 1. The Morgan fingerprint density at radius 1 is 0.920 bits per heavy atom. The van der Waals surface area contributed by atoms with E-state index in [1.807, 2.05) is 30.3 Å². The lowest BCUT2D eigenvalue weighted by atomic mass is 10.1. The lowest BCUT2D eigenvalue weighted by Crippen LogP contribution is -2.13. The minimum Gasteiger partial charge on any atom is -0.489 e. The molecule has 0 saturated heterocycles. The van der Waals surface area contributed by atoms with E-state index in [0.29, 0.717) is 18.2 Å². The maximum Gasteiger partial charge on any atom is 0.124 e. The van der Waals surface area contributed by atoms with Crippen LogP contribution in [0.25, 0.3) is 0 Å². The van der Waals surface area contributed by atoms with E-state index in [4.69, 9.17) is 16.3 Å². The van der Waals surface area contributed by atoms with Crippen molar-refractivity contribution in [3.8, 4) is 5.75 Å². The third-order valence-corrected chi connectivity index (χ3v) is 4.17. The van der Waals surface area contributed by atoms with Crippen molar-refractivity contribution in [3.63, 3.8) is 0 Å². The van der Waals surface area contributed by atoms with E-state index < -0.39 is 0 Å². The van der Waals surface area contributed by atoms with Crippen LogP contribution >= 0.6 is 11.6 Å². The number of ether oxygens (including phenoxy) is 1. The van der Waals surface area contributed by atoms with E-state index in [1.54, 1.807) is 12.4 Å². The first-order chi connectivity index (χ1) is 12.2. The summed E-state index contributed by atoms with van der Waals surface area (Å²) in [7, 11) is 0. The molecule has 0 aliphatic heterocycles. The maximum absolute atomic E-state index is 6.16. The standard InChI is InChI=1S/C21H21ClN2O/c1-16-2-4-18(5-3-16)15-25-21-7-6-20(22)12-19(21)14-24-13-17-8-10-23-11-9-17/h2-12,24H,13-15H2,1H3. The molecule has 1 heterocycles. The van der Waals surface area contributed by atoms with Crippen molar-refractivity contribution in [2.75, 3.05) is 0 Å². The Kier molecular flexibility index (Phi) is 6.04. The first-order valence-electron chi connectivity index (χ1n) is 8.27. The second kappa shape index (κ2) is 8.65. The Hall–Kier alpha value is -2.36. The van der Waals surface area contributed by atoms with Gasteiger partial charge in [-0.15, -0.1) is 0 Å². The Morgan fingerprint density at radius 2 is 1.68 bits per heavy atom. The van der Waals surface area contributed by atoms with E-state index >= 15 is 0 Å². The molecule has 0 spiro atoms. The van der Waals surface area contributed by atoms with E-state index in [9.17, 15) is 0 Å². The summed E-state index contributed by atoms with van der Waals surface area (Å²) >= 11 is 6.16. The van der Waals surface area contributed by atoms with E-state index in [2.05, 4.69) is 41.5 Å². The molecule has 0 aliphatic carbocycles. The van der Waals surface area contributed by atoms with Gasteiger partial charge in [0.05, 0.1) is 0 Å². The van der Waals surface area contributed by atoms with Gasteiger partial charge >= 0.3 is 0 Å². The molecule has 1 aromatic heterocycles. The first kappa shape index (κ1) is 17.5. The molecular formula is C21H21ClN2O. The maximum atomic E-state index is 6.16. The second-order valence-electron chi connectivity index (χ2n) is 5.99. The second-order valence-corrected chi connectivity index (χ2v) is 6.42. The SMILES string of the molecule is Cc1ccc(COc2ccc(Cl)cc2CNCc2ccncc2)cc1. The van der Waals surface area contributed by atoms with Crippen LogP contribution in [0, 0.1) is 6.92 Å². The summed E-state index contributed by atoms with van der Waals surface area (Å²) in [4.78, 5) is 4.03. The van der Waals surface area contributed by atoms with E-state index in [0.717, 1.165) is 23.4 Å². The molecule has 25 heavy (non-hydrogen) atoms. The van der Waals surface area contributed by atoms with Crippen LogP contribution in [0.3, 0.4) is 0 Å². The predicted molar refractivity (Wildman–Crippen MR) is 102 cm³/mol. The summed E-state index contributed by atoms with van der Waals surface area (Å²) in [6.45, 7) is 4.08. The number of pyridine rings is 1. The topological polar surface area (TPSA) is 34.1 Å². The molecule has 0 fully saturated rings. The quantitative estimate of drug-likeness (QED) is 0.655. The first-order valence-corrected chi connectivity index (χ1v) is 8.65. The minimum absolute atomic E-state index is 0.541. The van der Waals surface area contributed by atoms with Gasteiger partial charge in [0.1, 0.15) is 12.4 Å². The average molecular weight is 353 g/mol. The summed E-state index contributed by atoms with van der Waals surface area (Å²) in [6.07, 6.45) is 3.60. The molecule has 0 bridgehead atoms. The highest BCUT2D eigenvalue weighted by Gasteiger charge is 2.06. The third-order valence-electron chi connectivity index (χ3n) is 3.93. The van der Waals surface area contributed by atoms with Crippen molar-refractivity contribution >= 4 is 11.6 Å². The number of halogens is 1. The van der Waals surface area contributed by atoms with Crippen molar-refractivity contribution in [2.45, 2.75) is 26.6 Å². The van der Waals surface area contributed by atoms with Gasteiger partial charge in [0.25, 0.3) is 0 Å². The largest absolute Gasteiger partial charge is 0.489 e. The van der Waals surface area contributed by atoms with Gasteiger partial charge in [-0.25, -0.2) is 0 Å². The lowest BCUT2D eigenvalue weighted by Gasteiger charge is -2.13. The molecule has 1 N–H and O–H groups in total.